The van der Waals surface area contributed by atoms with Crippen LogP contribution in [0.3, 0.4) is 0 Å². The van der Waals surface area contributed by atoms with E-state index in [1.165, 1.54) is 0 Å². The SMILES string of the molecule is CC(C)CCC(NC(=O)OCC1c2ccccc2-c2ccccc21)C(=O)N1CCC[C@@H](C(=O)O)C1. The van der Waals surface area contributed by atoms with Crippen molar-refractivity contribution in [2.24, 2.45) is 11.8 Å². The maximum atomic E-state index is 13.3. The summed E-state index contributed by atoms with van der Waals surface area (Å²) in [5.41, 5.74) is 4.56. The van der Waals surface area contributed by atoms with Crippen molar-refractivity contribution in [1.82, 2.24) is 10.2 Å². The van der Waals surface area contributed by atoms with Crippen LogP contribution in [-0.4, -0.2) is 53.7 Å². The Morgan fingerprint density at radius 1 is 1.03 bits per heavy atom. The highest BCUT2D eigenvalue weighted by Crippen LogP contribution is 2.44. The molecule has 0 spiro atoms. The van der Waals surface area contributed by atoms with E-state index in [1.54, 1.807) is 4.90 Å². The molecule has 0 radical (unpaired) electrons. The van der Waals surface area contributed by atoms with E-state index >= 15 is 0 Å². The zero-order valence-corrected chi connectivity index (χ0v) is 20.4. The molecular formula is C28H34N2O5. The Morgan fingerprint density at radius 3 is 2.26 bits per heavy atom. The Hall–Kier alpha value is -3.35. The fourth-order valence-corrected chi connectivity index (χ4v) is 5.14. The van der Waals surface area contributed by atoms with Gasteiger partial charge in [0.15, 0.2) is 0 Å². The van der Waals surface area contributed by atoms with Crippen molar-refractivity contribution in [3.63, 3.8) is 0 Å². The van der Waals surface area contributed by atoms with Gasteiger partial charge in [-0.3, -0.25) is 9.59 Å². The van der Waals surface area contributed by atoms with E-state index in [4.69, 9.17) is 4.74 Å². The number of piperidine rings is 1. The van der Waals surface area contributed by atoms with E-state index in [0.717, 1.165) is 28.7 Å². The van der Waals surface area contributed by atoms with Crippen molar-refractivity contribution < 1.29 is 24.2 Å². The molecule has 1 heterocycles. The normalized spacial score (nSPS) is 18.0. The van der Waals surface area contributed by atoms with Gasteiger partial charge in [0.2, 0.25) is 5.91 Å². The molecule has 7 nitrogen and oxygen atoms in total. The van der Waals surface area contributed by atoms with Crippen LogP contribution >= 0.6 is 0 Å². The number of rotatable bonds is 8. The highest BCUT2D eigenvalue weighted by Gasteiger charge is 2.33. The smallest absolute Gasteiger partial charge is 0.407 e. The molecule has 186 valence electrons. The standard InChI is InChI=1S/C28H34N2O5/c1-18(2)13-14-25(26(31)30-15-7-8-19(16-30)27(32)33)29-28(34)35-17-24-22-11-5-3-9-20(22)21-10-4-6-12-23(21)24/h3-6,9-12,18-19,24-25H,7-8,13-17H2,1-2H3,(H,29,34)(H,32,33)/t19-,25?/m1/s1. The fraction of sp³-hybridized carbons (Fsp3) is 0.464. The number of carboxylic acids is 1. The van der Waals surface area contributed by atoms with Crippen molar-refractivity contribution >= 4 is 18.0 Å². The van der Waals surface area contributed by atoms with Gasteiger partial charge in [0.1, 0.15) is 12.6 Å². The van der Waals surface area contributed by atoms with Gasteiger partial charge in [-0.2, -0.15) is 0 Å². The minimum atomic E-state index is -0.884. The lowest BCUT2D eigenvalue weighted by atomic mass is 9.96. The summed E-state index contributed by atoms with van der Waals surface area (Å²) in [7, 11) is 0. The molecule has 1 fully saturated rings. The summed E-state index contributed by atoms with van der Waals surface area (Å²) in [6, 6.07) is 15.5. The van der Waals surface area contributed by atoms with E-state index in [1.807, 2.05) is 24.3 Å². The lowest BCUT2D eigenvalue weighted by molar-refractivity contribution is -0.146. The van der Waals surface area contributed by atoms with Crippen molar-refractivity contribution in [2.75, 3.05) is 19.7 Å². The number of nitrogens with one attached hydrogen (secondary N) is 1. The lowest BCUT2D eigenvalue weighted by Gasteiger charge is -2.33. The summed E-state index contributed by atoms with van der Waals surface area (Å²) >= 11 is 0. The number of hydrogen-bond donors (Lipinski definition) is 2. The first kappa shape index (κ1) is 24.8. The van der Waals surface area contributed by atoms with Crippen LogP contribution in [0.5, 0.6) is 0 Å². The van der Waals surface area contributed by atoms with Gasteiger partial charge >= 0.3 is 12.1 Å². The van der Waals surface area contributed by atoms with E-state index in [-0.39, 0.29) is 25.0 Å². The molecule has 0 bridgehead atoms. The molecule has 35 heavy (non-hydrogen) atoms. The van der Waals surface area contributed by atoms with E-state index in [9.17, 15) is 19.5 Å². The average Bonchev–Trinajstić information content (AvgIpc) is 3.18. The highest BCUT2D eigenvalue weighted by atomic mass is 16.5. The molecule has 1 unspecified atom stereocenters. The first-order valence-electron chi connectivity index (χ1n) is 12.5. The van der Waals surface area contributed by atoms with Crippen LogP contribution in [0.25, 0.3) is 11.1 Å². The third kappa shape index (κ3) is 5.66. The second-order valence-corrected chi connectivity index (χ2v) is 9.96. The van der Waals surface area contributed by atoms with Gasteiger partial charge in [-0.05, 0) is 53.9 Å². The number of likely N-dealkylation sites (tertiary alicyclic amines) is 1. The number of hydrogen-bond acceptors (Lipinski definition) is 4. The molecule has 1 saturated heterocycles. The number of aliphatic carboxylic acids is 1. The van der Waals surface area contributed by atoms with Gasteiger partial charge in [0.25, 0.3) is 0 Å². The van der Waals surface area contributed by atoms with Crippen molar-refractivity contribution in [2.45, 2.75) is 51.5 Å². The summed E-state index contributed by atoms with van der Waals surface area (Å²) in [5, 5.41) is 12.2. The van der Waals surface area contributed by atoms with Crippen molar-refractivity contribution in [3.05, 3.63) is 59.7 Å². The Bertz CT molecular complexity index is 1040. The highest BCUT2D eigenvalue weighted by molar-refractivity contribution is 5.86. The molecule has 2 aromatic carbocycles. The Labute approximate surface area is 206 Å². The van der Waals surface area contributed by atoms with Gasteiger partial charge in [0, 0.05) is 19.0 Å². The maximum Gasteiger partial charge on any atom is 0.407 e. The summed E-state index contributed by atoms with van der Waals surface area (Å²) in [4.78, 5) is 39.1. The molecule has 2 atom stereocenters. The number of ether oxygens (including phenoxy) is 1. The first-order valence-corrected chi connectivity index (χ1v) is 12.5. The predicted molar refractivity (Wildman–Crippen MR) is 133 cm³/mol. The minimum Gasteiger partial charge on any atom is -0.481 e. The predicted octanol–water partition coefficient (Wildman–Crippen LogP) is 4.65. The largest absolute Gasteiger partial charge is 0.481 e. The molecule has 2 N–H and O–H groups in total. The molecule has 4 rings (SSSR count). The van der Waals surface area contributed by atoms with Gasteiger partial charge in [-0.25, -0.2) is 4.79 Å². The fourth-order valence-electron chi connectivity index (χ4n) is 5.14. The van der Waals surface area contributed by atoms with Crippen LogP contribution in [0.15, 0.2) is 48.5 Å². The summed E-state index contributed by atoms with van der Waals surface area (Å²) in [6.45, 7) is 4.99. The number of fused-ring (bicyclic) bond motifs is 3. The van der Waals surface area contributed by atoms with Crippen molar-refractivity contribution in [3.8, 4) is 11.1 Å². The van der Waals surface area contributed by atoms with Crippen LogP contribution in [0, 0.1) is 11.8 Å². The molecule has 7 heteroatoms. The molecule has 0 aromatic heterocycles. The lowest BCUT2D eigenvalue weighted by Crippen LogP contribution is -2.52. The molecule has 0 saturated carbocycles. The maximum absolute atomic E-state index is 13.3. The minimum absolute atomic E-state index is 0.0589. The quantitative estimate of drug-likeness (QED) is 0.576. The van der Waals surface area contributed by atoms with Crippen LogP contribution in [0.2, 0.25) is 0 Å². The number of amides is 2. The van der Waals surface area contributed by atoms with Crippen LogP contribution in [0.1, 0.15) is 56.6 Å². The third-order valence-corrected chi connectivity index (χ3v) is 7.05. The Morgan fingerprint density at radius 2 is 1.66 bits per heavy atom. The monoisotopic (exact) mass is 478 g/mol. The van der Waals surface area contributed by atoms with Crippen LogP contribution in [0.4, 0.5) is 4.79 Å². The molecule has 2 aromatic rings. The summed E-state index contributed by atoms with van der Waals surface area (Å²) in [6.07, 6.45) is 1.83. The van der Waals surface area contributed by atoms with Crippen LogP contribution < -0.4 is 5.32 Å². The number of alkyl carbamates (subject to hydrolysis) is 1. The molecule has 2 amide bonds. The summed E-state index contributed by atoms with van der Waals surface area (Å²) < 4.78 is 5.66. The van der Waals surface area contributed by atoms with Crippen molar-refractivity contribution in [1.29, 1.82) is 0 Å². The molecule has 1 aliphatic carbocycles. The zero-order valence-electron chi connectivity index (χ0n) is 20.4. The van der Waals surface area contributed by atoms with Gasteiger partial charge in [0.05, 0.1) is 5.92 Å². The second-order valence-electron chi connectivity index (χ2n) is 9.96. The van der Waals surface area contributed by atoms with Gasteiger partial charge in [-0.15, -0.1) is 0 Å². The first-order chi connectivity index (χ1) is 16.8. The molecular weight excluding hydrogens is 444 g/mol. The van der Waals surface area contributed by atoms with E-state index in [0.29, 0.717) is 31.7 Å². The summed E-state index contributed by atoms with van der Waals surface area (Å²) in [5.74, 6) is -1.37. The number of benzene rings is 2. The van der Waals surface area contributed by atoms with Gasteiger partial charge < -0.3 is 20.1 Å². The second kappa shape index (κ2) is 10.9. The molecule has 1 aliphatic heterocycles. The van der Waals surface area contributed by atoms with E-state index < -0.39 is 24.0 Å². The third-order valence-electron chi connectivity index (χ3n) is 7.05. The number of carbonyl (C=O) groups is 3. The number of carboxylic acid groups (broad SMARTS) is 1. The number of carbonyl (C=O) groups excluding carboxylic acids is 2. The molecule has 2 aliphatic rings. The van der Waals surface area contributed by atoms with E-state index in [2.05, 4.69) is 43.4 Å². The number of nitrogens with zero attached hydrogens (tertiary/aromatic N) is 1. The Balaban J connectivity index is 1.42. The Kier molecular flexibility index (Phi) is 7.73. The van der Waals surface area contributed by atoms with Gasteiger partial charge in [-0.1, -0.05) is 62.4 Å². The zero-order chi connectivity index (χ0) is 24.9. The van der Waals surface area contributed by atoms with Crippen LogP contribution in [-0.2, 0) is 14.3 Å². The average molecular weight is 479 g/mol. The topological polar surface area (TPSA) is 95.9 Å².